The van der Waals surface area contributed by atoms with Crippen molar-refractivity contribution in [2.45, 2.75) is 45.9 Å². The summed E-state index contributed by atoms with van der Waals surface area (Å²) in [6.07, 6.45) is 0.446. The molecule has 1 amide bonds. The van der Waals surface area contributed by atoms with Crippen LogP contribution in [0.3, 0.4) is 0 Å². The van der Waals surface area contributed by atoms with Crippen LogP contribution in [0.4, 0.5) is 5.82 Å². The molecule has 3 aromatic carbocycles. The number of anilines is 1. The number of carbonyl (C=O) groups excluding carboxylic acids is 1. The van der Waals surface area contributed by atoms with Crippen molar-refractivity contribution in [2.75, 3.05) is 5.73 Å². The third-order valence-corrected chi connectivity index (χ3v) is 7.69. The summed E-state index contributed by atoms with van der Waals surface area (Å²) in [4.78, 5) is 17.5. The third-order valence-electron chi connectivity index (χ3n) is 7.69. The molecule has 1 aromatic heterocycles. The highest BCUT2D eigenvalue weighted by Crippen LogP contribution is 2.54. The molecule has 0 saturated carbocycles. The topological polar surface area (TPSA) is 101 Å². The van der Waals surface area contributed by atoms with Crippen molar-refractivity contribution in [3.8, 4) is 17.2 Å². The van der Waals surface area contributed by atoms with Crippen molar-refractivity contribution in [1.29, 1.82) is 5.26 Å². The van der Waals surface area contributed by atoms with Gasteiger partial charge in [-0.05, 0) is 101 Å². The fourth-order valence-electron chi connectivity index (χ4n) is 5.78. The number of amides is 1. The van der Waals surface area contributed by atoms with Crippen molar-refractivity contribution < 1.29 is 9.53 Å². The zero-order chi connectivity index (χ0) is 26.6. The minimum Gasteiger partial charge on any atom is -0.384 e. The molecular formula is C32H28N4O2. The first kappa shape index (κ1) is 23.9. The van der Waals surface area contributed by atoms with E-state index >= 15 is 0 Å². The maximum absolute atomic E-state index is 13.2. The van der Waals surface area contributed by atoms with E-state index in [4.69, 9.17) is 10.5 Å². The molecule has 0 saturated heterocycles. The van der Waals surface area contributed by atoms with E-state index in [0.717, 1.165) is 62.2 Å². The first-order valence-corrected chi connectivity index (χ1v) is 12.8. The van der Waals surface area contributed by atoms with E-state index in [1.54, 1.807) is 0 Å². The maximum atomic E-state index is 13.2. The Balaban J connectivity index is 1.27. The predicted octanol–water partition coefficient (Wildman–Crippen LogP) is 5.83. The van der Waals surface area contributed by atoms with Crippen LogP contribution in [0.5, 0.6) is 0 Å². The van der Waals surface area contributed by atoms with Crippen molar-refractivity contribution in [3.63, 3.8) is 0 Å². The highest BCUT2D eigenvalue weighted by molar-refractivity contribution is 5.94. The molecule has 2 aliphatic rings. The van der Waals surface area contributed by atoms with Crippen LogP contribution in [-0.2, 0) is 17.7 Å². The van der Waals surface area contributed by atoms with E-state index in [2.05, 4.69) is 41.5 Å². The van der Waals surface area contributed by atoms with Crippen LogP contribution in [0.15, 0.2) is 60.7 Å². The van der Waals surface area contributed by atoms with E-state index in [0.29, 0.717) is 23.5 Å². The quantitative estimate of drug-likeness (QED) is 0.359. The Hall–Kier alpha value is -4.47. The van der Waals surface area contributed by atoms with E-state index in [9.17, 15) is 10.1 Å². The van der Waals surface area contributed by atoms with Gasteiger partial charge in [0.1, 0.15) is 18.0 Å². The van der Waals surface area contributed by atoms with Gasteiger partial charge in [0, 0.05) is 17.8 Å². The predicted molar refractivity (Wildman–Crippen MR) is 146 cm³/mol. The second-order valence-electron chi connectivity index (χ2n) is 10.1. The number of aryl methyl sites for hydroxylation is 3. The van der Waals surface area contributed by atoms with Crippen molar-refractivity contribution in [1.82, 2.24) is 10.3 Å². The molecule has 3 N–H and O–H groups in total. The van der Waals surface area contributed by atoms with Crippen molar-refractivity contribution in [3.05, 3.63) is 116 Å². The lowest BCUT2D eigenvalue weighted by Crippen LogP contribution is -2.24. The maximum Gasteiger partial charge on any atom is 0.251 e. The molecule has 6 nitrogen and oxygen atoms in total. The summed E-state index contributed by atoms with van der Waals surface area (Å²) in [5.74, 6) is 0.360. The molecule has 3 heterocycles. The number of nitrogens with one attached hydrogen (secondary N) is 1. The highest BCUT2D eigenvalue weighted by Gasteiger charge is 2.43. The Morgan fingerprint density at radius 1 is 1.00 bits per heavy atom. The number of nitrogens with zero attached hydrogens (tertiary/aromatic N) is 2. The Morgan fingerprint density at radius 3 is 2.50 bits per heavy atom. The second kappa shape index (κ2) is 9.13. The van der Waals surface area contributed by atoms with E-state index in [1.807, 2.05) is 56.3 Å². The Kier molecular flexibility index (Phi) is 5.74. The molecule has 2 bridgehead atoms. The average molecular weight is 501 g/mol. The number of fused-ring (bicyclic) bond motifs is 8. The number of hydrogen-bond acceptors (Lipinski definition) is 5. The summed E-state index contributed by atoms with van der Waals surface area (Å²) in [6.45, 7) is 6.37. The summed E-state index contributed by atoms with van der Waals surface area (Å²) in [5, 5.41) is 12.7. The molecule has 2 unspecified atom stereocenters. The number of pyridine rings is 1. The molecular weight excluding hydrogens is 472 g/mol. The minimum atomic E-state index is -0.232. The van der Waals surface area contributed by atoms with E-state index < -0.39 is 0 Å². The summed E-state index contributed by atoms with van der Waals surface area (Å²) in [7, 11) is 0. The monoisotopic (exact) mass is 500 g/mol. The fourth-order valence-corrected chi connectivity index (χ4v) is 5.78. The lowest BCUT2D eigenvalue weighted by molar-refractivity contribution is 0.0857. The van der Waals surface area contributed by atoms with Gasteiger partial charge in [0.05, 0.1) is 11.6 Å². The Bertz CT molecular complexity index is 1670. The second-order valence-corrected chi connectivity index (χ2v) is 10.1. The van der Waals surface area contributed by atoms with Crippen LogP contribution in [0.2, 0.25) is 0 Å². The van der Waals surface area contributed by atoms with Crippen LogP contribution in [0, 0.1) is 25.2 Å². The summed E-state index contributed by atoms with van der Waals surface area (Å²) >= 11 is 0. The van der Waals surface area contributed by atoms with Crippen LogP contribution >= 0.6 is 0 Å². The molecule has 2 atom stereocenters. The Morgan fingerprint density at radius 2 is 1.74 bits per heavy atom. The highest BCUT2D eigenvalue weighted by atomic mass is 16.5. The number of ether oxygens (including phenoxy) is 1. The van der Waals surface area contributed by atoms with Gasteiger partial charge in [0.2, 0.25) is 0 Å². The number of nitriles is 1. The number of hydrogen-bond donors (Lipinski definition) is 2. The van der Waals surface area contributed by atoms with Gasteiger partial charge in [-0.1, -0.05) is 37.3 Å². The molecule has 2 aliphatic heterocycles. The smallest absolute Gasteiger partial charge is 0.251 e. The van der Waals surface area contributed by atoms with E-state index in [-0.39, 0.29) is 18.1 Å². The molecule has 6 rings (SSSR count). The van der Waals surface area contributed by atoms with Gasteiger partial charge < -0.3 is 15.8 Å². The standard InChI is InChI=1S/C32H28N4O2/c1-4-19-14-29(34)36-18(3)28(19)16-35-32(37)21-7-10-25-27(13-21)31-26-12-20(6-9-24(26)30(25)38-31)23-8-5-17(2)11-22(23)15-33/h5-14,30-31H,4,16H2,1-3H3,(H2,34,36)(H,35,37). The third kappa shape index (κ3) is 3.84. The van der Waals surface area contributed by atoms with Gasteiger partial charge in [-0.3, -0.25) is 4.79 Å². The number of rotatable bonds is 5. The molecule has 0 radical (unpaired) electrons. The van der Waals surface area contributed by atoms with E-state index in [1.165, 1.54) is 0 Å². The number of aromatic nitrogens is 1. The van der Waals surface area contributed by atoms with Gasteiger partial charge in [-0.25, -0.2) is 4.98 Å². The van der Waals surface area contributed by atoms with Crippen molar-refractivity contribution in [2.24, 2.45) is 0 Å². The van der Waals surface area contributed by atoms with Gasteiger partial charge in [-0.15, -0.1) is 0 Å². The lowest BCUT2D eigenvalue weighted by Gasteiger charge is -2.18. The molecule has 38 heavy (non-hydrogen) atoms. The molecule has 0 fully saturated rings. The first-order valence-electron chi connectivity index (χ1n) is 12.8. The zero-order valence-corrected chi connectivity index (χ0v) is 21.6. The first-order chi connectivity index (χ1) is 18.4. The molecule has 188 valence electrons. The van der Waals surface area contributed by atoms with Crippen LogP contribution < -0.4 is 11.1 Å². The molecule has 0 aliphatic carbocycles. The van der Waals surface area contributed by atoms with Crippen LogP contribution in [0.25, 0.3) is 11.1 Å². The number of benzene rings is 3. The molecule has 0 spiro atoms. The number of nitrogens with two attached hydrogens (primary N) is 1. The fraction of sp³-hybridized carbons (Fsp3) is 0.219. The largest absolute Gasteiger partial charge is 0.384 e. The van der Waals surface area contributed by atoms with Crippen LogP contribution in [-0.4, -0.2) is 10.9 Å². The lowest BCUT2D eigenvalue weighted by atomic mass is 9.83. The summed E-state index contributed by atoms with van der Waals surface area (Å²) in [5.41, 5.74) is 17.4. The van der Waals surface area contributed by atoms with Gasteiger partial charge in [0.15, 0.2) is 0 Å². The zero-order valence-electron chi connectivity index (χ0n) is 21.6. The van der Waals surface area contributed by atoms with Gasteiger partial charge >= 0.3 is 0 Å². The SMILES string of the molecule is CCc1cc(N)nc(C)c1CNC(=O)c1ccc2c(c1)C1OC2c2ccc(-c3ccc(C)cc3C#N)cc21. The minimum absolute atomic E-state index is 0.138. The van der Waals surface area contributed by atoms with Gasteiger partial charge in [-0.2, -0.15) is 5.26 Å². The number of nitrogen functional groups attached to an aromatic ring is 1. The average Bonchev–Trinajstić information content (AvgIpc) is 3.48. The summed E-state index contributed by atoms with van der Waals surface area (Å²) in [6, 6.07) is 22.3. The van der Waals surface area contributed by atoms with Gasteiger partial charge in [0.25, 0.3) is 5.91 Å². The summed E-state index contributed by atoms with van der Waals surface area (Å²) < 4.78 is 6.38. The number of carbonyl (C=O) groups is 1. The van der Waals surface area contributed by atoms with Crippen molar-refractivity contribution >= 4 is 11.7 Å². The van der Waals surface area contributed by atoms with Crippen LogP contribution in [0.1, 0.15) is 79.7 Å². The molecule has 6 heteroatoms. The Labute approximate surface area is 222 Å². The molecule has 4 aromatic rings. The normalized spacial score (nSPS) is 16.6.